The molecule has 11 nitrogen and oxygen atoms in total. The molecule has 0 spiro atoms. The Balaban J connectivity index is 1.37. The third-order valence-corrected chi connectivity index (χ3v) is 11.2. The van der Waals surface area contributed by atoms with E-state index in [4.69, 9.17) is 23.2 Å². The largest absolute Gasteiger partial charge is 0.507 e. The molecule has 1 aliphatic carbocycles. The maximum atomic E-state index is 15.3. The van der Waals surface area contributed by atoms with Gasteiger partial charge in [0, 0.05) is 17.1 Å². The molecule has 2 aromatic heterocycles. The molecule has 4 heterocycles. The quantitative estimate of drug-likeness (QED) is 0.155. The van der Waals surface area contributed by atoms with E-state index in [1.165, 1.54) is 9.36 Å². The number of para-hydroxylation sites is 1. The van der Waals surface area contributed by atoms with Crippen LogP contribution in [0.3, 0.4) is 0 Å². The zero-order valence-corrected chi connectivity index (χ0v) is 29.9. The van der Waals surface area contributed by atoms with Crippen LogP contribution >= 0.6 is 23.2 Å². The highest BCUT2D eigenvalue weighted by molar-refractivity contribution is 6.33. The van der Waals surface area contributed by atoms with Crippen LogP contribution in [-0.4, -0.2) is 40.8 Å². The van der Waals surface area contributed by atoms with E-state index in [0.29, 0.717) is 50.8 Å². The molecule has 2 N–H and O–H groups in total. The minimum atomic E-state index is -4.75. The molecule has 3 aliphatic rings. The number of allylic oxidation sites excluding steroid dienone is 2. The maximum absolute atomic E-state index is 15.3. The van der Waals surface area contributed by atoms with Crippen molar-refractivity contribution < 1.29 is 27.9 Å². The number of halogens is 5. The van der Waals surface area contributed by atoms with Gasteiger partial charge in [0.1, 0.15) is 5.75 Å². The Kier molecular flexibility index (Phi) is 8.19. The number of hydrogen-bond donors (Lipinski definition) is 2. The molecular formula is C38H29Cl2F3N6O5. The van der Waals surface area contributed by atoms with Gasteiger partial charge in [0.05, 0.1) is 40.2 Å². The maximum Gasteiger partial charge on any atom is 0.417 e. The van der Waals surface area contributed by atoms with Crippen LogP contribution in [0.25, 0.3) is 5.69 Å². The number of hydrazine groups is 1. The average Bonchev–Trinajstić information content (AvgIpc) is 3.52. The number of imide groups is 1. The SMILES string of the molecule is Cc1cc(C2C3=CCn4c(=O)n(-c5ccccc5)c(=O)n4C3CC3C(=O)N(Nc4ncc(C(F)(F)F)cc4Cl)C(=O)C32c2ccc(Cl)cc2)cc(C)c1O. The van der Waals surface area contributed by atoms with Crippen LogP contribution in [-0.2, 0) is 27.7 Å². The molecule has 0 radical (unpaired) electrons. The van der Waals surface area contributed by atoms with E-state index >= 15 is 4.79 Å². The Labute approximate surface area is 314 Å². The summed E-state index contributed by atoms with van der Waals surface area (Å²) < 4.78 is 44.1. The van der Waals surface area contributed by atoms with Gasteiger partial charge in [0.25, 0.3) is 11.8 Å². The Morgan fingerprint density at radius 2 is 1.59 bits per heavy atom. The number of hydrogen-bond acceptors (Lipinski definition) is 7. The molecule has 8 rings (SSSR count). The van der Waals surface area contributed by atoms with Crippen molar-refractivity contribution in [1.29, 1.82) is 0 Å². The van der Waals surface area contributed by atoms with Crippen molar-refractivity contribution >= 4 is 40.8 Å². The fourth-order valence-electron chi connectivity index (χ4n) is 8.37. The van der Waals surface area contributed by atoms with Crippen molar-refractivity contribution in [3.63, 3.8) is 0 Å². The van der Waals surface area contributed by atoms with Crippen molar-refractivity contribution in [2.24, 2.45) is 5.92 Å². The van der Waals surface area contributed by atoms with E-state index in [1.807, 2.05) is 0 Å². The average molecular weight is 778 g/mol. The Bertz CT molecular complexity index is 2520. The van der Waals surface area contributed by atoms with Gasteiger partial charge in [0.15, 0.2) is 5.82 Å². The first-order chi connectivity index (χ1) is 25.6. The number of aromatic nitrogens is 4. The number of nitrogens with one attached hydrogen (secondary N) is 1. The van der Waals surface area contributed by atoms with Crippen molar-refractivity contribution in [2.45, 2.75) is 50.4 Å². The number of nitrogens with zero attached hydrogens (tertiary/aromatic N) is 5. The molecule has 4 atom stereocenters. The fraction of sp³-hybridized carbons (Fsp3) is 0.237. The third-order valence-electron chi connectivity index (χ3n) is 10.7. The molecule has 276 valence electrons. The lowest BCUT2D eigenvalue weighted by Crippen LogP contribution is -2.53. The van der Waals surface area contributed by atoms with E-state index in [9.17, 15) is 32.7 Å². The standard InChI is InChI=1S/C38H29Cl2F3N6O5/c1-19-14-21(15-20(2)31(19)50)30-26-12-13-46-35(53)47(25-6-4-3-5-7-25)36(54)49(46)29(26)17-27-33(51)48(34(52)37(27,30)22-8-10-24(39)11-9-22)45-32-28(40)16-23(18-44-32)38(41,42)43/h3-12,14-16,18,27,29-30,50H,13,17H2,1-2H3,(H,44,45). The highest BCUT2D eigenvalue weighted by Crippen LogP contribution is 2.62. The number of benzene rings is 3. The van der Waals surface area contributed by atoms with E-state index in [1.54, 1.807) is 86.7 Å². The van der Waals surface area contributed by atoms with Crippen LogP contribution < -0.4 is 16.8 Å². The van der Waals surface area contributed by atoms with Gasteiger partial charge in [-0.1, -0.05) is 71.7 Å². The number of carbonyl (C=O) groups excluding carboxylic acids is 2. The lowest BCUT2D eigenvalue weighted by Gasteiger charge is -2.49. The molecule has 54 heavy (non-hydrogen) atoms. The molecule has 16 heteroatoms. The van der Waals surface area contributed by atoms with Gasteiger partial charge >= 0.3 is 17.6 Å². The summed E-state index contributed by atoms with van der Waals surface area (Å²) in [6.07, 6.45) is -2.55. The normalized spacial score (nSPS) is 22.1. The second-order valence-electron chi connectivity index (χ2n) is 13.6. The first kappa shape index (κ1) is 35.4. The molecular weight excluding hydrogens is 748 g/mol. The van der Waals surface area contributed by atoms with Crippen molar-refractivity contribution in [1.82, 2.24) is 23.9 Å². The van der Waals surface area contributed by atoms with Crippen LogP contribution in [0.2, 0.25) is 10.0 Å². The smallest absolute Gasteiger partial charge is 0.417 e. The summed E-state index contributed by atoms with van der Waals surface area (Å²) in [5.41, 5.74) is 1.34. The third kappa shape index (κ3) is 5.14. The number of amides is 2. The number of aryl methyl sites for hydroxylation is 2. The monoisotopic (exact) mass is 776 g/mol. The lowest BCUT2D eigenvalue weighted by atomic mass is 9.53. The number of fused-ring (bicyclic) bond motifs is 4. The molecule has 5 aromatic rings. The molecule has 4 unspecified atom stereocenters. The number of aromatic hydroxyl groups is 1. The van der Waals surface area contributed by atoms with Crippen LogP contribution in [0.15, 0.2) is 100 Å². The van der Waals surface area contributed by atoms with Gasteiger partial charge in [-0.2, -0.15) is 18.2 Å². The van der Waals surface area contributed by atoms with Crippen LogP contribution in [0.5, 0.6) is 5.75 Å². The van der Waals surface area contributed by atoms with E-state index < -0.39 is 63.2 Å². The van der Waals surface area contributed by atoms with Gasteiger partial charge in [-0.3, -0.25) is 15.0 Å². The molecule has 2 fully saturated rings. The van der Waals surface area contributed by atoms with Crippen molar-refractivity contribution in [3.05, 3.63) is 149 Å². The van der Waals surface area contributed by atoms with Gasteiger partial charge in [-0.15, -0.1) is 0 Å². The minimum Gasteiger partial charge on any atom is -0.507 e. The number of pyridine rings is 1. The summed E-state index contributed by atoms with van der Waals surface area (Å²) in [5.74, 6) is -4.06. The summed E-state index contributed by atoms with van der Waals surface area (Å²) >= 11 is 12.6. The van der Waals surface area contributed by atoms with Crippen molar-refractivity contribution in [2.75, 3.05) is 5.43 Å². The minimum absolute atomic E-state index is 0.0333. The molecule has 0 bridgehead atoms. The molecule has 1 saturated heterocycles. The fourth-order valence-corrected chi connectivity index (χ4v) is 8.71. The summed E-state index contributed by atoms with van der Waals surface area (Å²) in [6.45, 7) is 3.36. The lowest BCUT2D eigenvalue weighted by molar-refractivity contribution is -0.139. The predicted octanol–water partition coefficient (Wildman–Crippen LogP) is 6.46. The van der Waals surface area contributed by atoms with Crippen LogP contribution in [0.1, 0.15) is 46.2 Å². The summed E-state index contributed by atoms with van der Waals surface area (Å²) in [7, 11) is 0. The van der Waals surface area contributed by atoms with E-state index in [2.05, 4.69) is 10.4 Å². The highest BCUT2D eigenvalue weighted by Gasteiger charge is 2.69. The number of rotatable bonds is 5. The van der Waals surface area contributed by atoms with E-state index in [-0.39, 0.29) is 24.5 Å². The first-order valence-corrected chi connectivity index (χ1v) is 17.5. The molecule has 1 saturated carbocycles. The topological polar surface area (TPSA) is 131 Å². The van der Waals surface area contributed by atoms with Gasteiger partial charge in [-0.25, -0.2) is 28.5 Å². The second-order valence-corrected chi connectivity index (χ2v) is 14.5. The molecule has 2 aliphatic heterocycles. The number of phenolic OH excluding ortho intramolecular Hbond substituents is 1. The Morgan fingerprint density at radius 1 is 0.926 bits per heavy atom. The van der Waals surface area contributed by atoms with Gasteiger partial charge in [0.2, 0.25) is 0 Å². The van der Waals surface area contributed by atoms with E-state index in [0.717, 1.165) is 9.58 Å². The van der Waals surface area contributed by atoms with Crippen LogP contribution in [0.4, 0.5) is 19.0 Å². The zero-order valence-electron chi connectivity index (χ0n) is 28.4. The van der Waals surface area contributed by atoms with Gasteiger partial charge in [-0.05, 0) is 78.4 Å². The van der Waals surface area contributed by atoms with Crippen molar-refractivity contribution in [3.8, 4) is 11.4 Å². The molecule has 2 amide bonds. The highest BCUT2D eigenvalue weighted by atomic mass is 35.5. The first-order valence-electron chi connectivity index (χ1n) is 16.8. The number of carbonyl (C=O) groups is 2. The predicted molar refractivity (Wildman–Crippen MR) is 193 cm³/mol. The van der Waals surface area contributed by atoms with Crippen LogP contribution in [0, 0.1) is 19.8 Å². The second kappa shape index (κ2) is 12.5. The van der Waals surface area contributed by atoms with Gasteiger partial charge < -0.3 is 5.11 Å². The summed E-state index contributed by atoms with van der Waals surface area (Å²) in [4.78, 5) is 62.1. The zero-order chi connectivity index (χ0) is 38.4. The number of anilines is 1. The Hall–Kier alpha value is -5.60. The number of phenols is 1. The number of alkyl halides is 3. The Morgan fingerprint density at radius 3 is 2.22 bits per heavy atom. The summed E-state index contributed by atoms with van der Waals surface area (Å²) in [6, 6.07) is 18.0. The summed E-state index contributed by atoms with van der Waals surface area (Å²) in [5, 5.41) is 11.4. The molecule has 3 aromatic carbocycles.